The highest BCUT2D eigenvalue weighted by Crippen LogP contribution is 2.40. The number of thiophene rings is 1. The first-order valence-corrected chi connectivity index (χ1v) is 20.1. The van der Waals surface area contributed by atoms with Gasteiger partial charge in [0.25, 0.3) is 0 Å². The van der Waals surface area contributed by atoms with Gasteiger partial charge in [0.05, 0.1) is 11.0 Å². The van der Waals surface area contributed by atoms with Crippen molar-refractivity contribution in [1.82, 2.24) is 19.5 Å². The summed E-state index contributed by atoms with van der Waals surface area (Å²) < 4.78 is 10.9. The molecule has 0 unspecified atom stereocenters. The molecule has 0 radical (unpaired) electrons. The summed E-state index contributed by atoms with van der Waals surface area (Å²) >= 11 is 1.71. The molecule has 58 heavy (non-hydrogen) atoms. The zero-order chi connectivity index (χ0) is 38.7. The minimum Gasteiger partial charge on any atom is -0.456 e. The third-order valence-corrected chi connectivity index (χ3v) is 12.2. The van der Waals surface area contributed by atoms with Crippen LogP contribution in [0.2, 0.25) is 0 Å². The van der Waals surface area contributed by atoms with Crippen LogP contribution < -0.4 is 9.75 Å². The summed E-state index contributed by atoms with van der Waals surface area (Å²) in [6, 6.07) is 54.8. The molecule has 0 atom stereocenters. The van der Waals surface area contributed by atoms with Crippen LogP contribution in [0.15, 0.2) is 174 Å². The molecule has 7 aromatic carbocycles. The van der Waals surface area contributed by atoms with E-state index in [4.69, 9.17) is 19.4 Å². The van der Waals surface area contributed by atoms with E-state index >= 15 is 0 Å². The molecule has 0 saturated heterocycles. The zero-order valence-corrected chi connectivity index (χ0v) is 32.4. The van der Waals surface area contributed by atoms with Gasteiger partial charge >= 0.3 is 0 Å². The van der Waals surface area contributed by atoms with E-state index in [9.17, 15) is 0 Å². The molecule has 6 heteroatoms. The fourth-order valence-corrected chi connectivity index (χ4v) is 9.29. The standard InChI is InChI=1S/C52H34N4OS/c1-3-4-26-48-32(2)40-28-37(56-44-24-13-11-22-38(44)41-31-47-42(30-45(41)56)39-23-12-14-25-46(39)57-47)29-43(49(40)58-48)52-54-50(34-18-9-6-10-19-34)53-51(55-52)36-21-15-20-35(27-36)33-16-7-5-8-17-33/h3-31H,2H2,1H3/b4-3-,48-26+. The Hall–Kier alpha value is -7.41. The van der Waals surface area contributed by atoms with Crippen molar-refractivity contribution in [3.05, 3.63) is 180 Å². The lowest BCUT2D eigenvalue weighted by molar-refractivity contribution is 0.669. The van der Waals surface area contributed by atoms with Crippen molar-refractivity contribution in [2.45, 2.75) is 6.92 Å². The molecule has 11 rings (SSSR count). The summed E-state index contributed by atoms with van der Waals surface area (Å²) in [7, 11) is 0. The number of fused-ring (bicyclic) bond motifs is 7. The van der Waals surface area contributed by atoms with Crippen LogP contribution in [-0.4, -0.2) is 19.5 Å². The van der Waals surface area contributed by atoms with Crippen LogP contribution in [0, 0.1) is 0 Å². The second-order valence-electron chi connectivity index (χ2n) is 14.4. The Kier molecular flexibility index (Phi) is 7.98. The predicted molar refractivity (Wildman–Crippen MR) is 243 cm³/mol. The highest BCUT2D eigenvalue weighted by atomic mass is 32.1. The molecular weight excluding hydrogens is 729 g/mol. The molecule has 0 saturated carbocycles. The number of para-hydroxylation sites is 2. The summed E-state index contributed by atoms with van der Waals surface area (Å²) in [5, 5.41) is 6.48. The van der Waals surface area contributed by atoms with Gasteiger partial charge in [0.2, 0.25) is 0 Å². The number of rotatable bonds is 6. The van der Waals surface area contributed by atoms with Gasteiger partial charge in [-0.1, -0.05) is 134 Å². The van der Waals surface area contributed by atoms with Gasteiger partial charge in [0.15, 0.2) is 17.5 Å². The molecule has 11 aromatic rings. The second-order valence-corrected chi connectivity index (χ2v) is 15.5. The number of furan rings is 1. The van der Waals surface area contributed by atoms with Crippen LogP contribution in [0.4, 0.5) is 0 Å². The van der Waals surface area contributed by atoms with Gasteiger partial charge in [-0.2, -0.15) is 0 Å². The van der Waals surface area contributed by atoms with Crippen molar-refractivity contribution in [3.8, 4) is 51.0 Å². The third kappa shape index (κ3) is 5.57. The van der Waals surface area contributed by atoms with Crippen LogP contribution in [-0.2, 0) is 0 Å². The van der Waals surface area contributed by atoms with Crippen LogP contribution in [0.25, 0.3) is 117 Å². The molecule has 0 spiro atoms. The average molecular weight is 763 g/mol. The van der Waals surface area contributed by atoms with E-state index in [0.717, 1.165) is 97.1 Å². The van der Waals surface area contributed by atoms with Gasteiger partial charge in [-0.15, -0.1) is 11.3 Å². The predicted octanol–water partition coefficient (Wildman–Crippen LogP) is 12.5. The Morgan fingerprint density at radius 1 is 0.534 bits per heavy atom. The van der Waals surface area contributed by atoms with E-state index in [2.05, 4.69) is 145 Å². The molecule has 0 aliphatic rings. The van der Waals surface area contributed by atoms with Crippen LogP contribution in [0.5, 0.6) is 0 Å². The van der Waals surface area contributed by atoms with E-state index in [0.29, 0.717) is 17.5 Å². The number of hydrogen-bond acceptors (Lipinski definition) is 5. The largest absolute Gasteiger partial charge is 0.456 e. The summed E-state index contributed by atoms with van der Waals surface area (Å²) in [5.74, 6) is 1.82. The smallest absolute Gasteiger partial charge is 0.165 e. The SMILES string of the molecule is C=c1/c(=C\C=C/C)sc2c(-c3nc(-c4ccccc4)nc(-c4cccc(-c5ccccc5)c4)n3)cc(-n3c4ccccc4c4cc5oc6ccccc6c5cc43)cc12. The van der Waals surface area contributed by atoms with E-state index in [1.54, 1.807) is 11.3 Å². The van der Waals surface area contributed by atoms with Crippen molar-refractivity contribution >= 4 is 77.8 Å². The Morgan fingerprint density at radius 2 is 1.21 bits per heavy atom. The number of aromatic nitrogens is 4. The summed E-state index contributed by atoms with van der Waals surface area (Å²) in [6.45, 7) is 6.68. The Balaban J connectivity index is 1.22. The number of hydrogen-bond donors (Lipinski definition) is 0. The lowest BCUT2D eigenvalue weighted by atomic mass is 10.0. The Labute approximate surface area is 337 Å². The van der Waals surface area contributed by atoms with E-state index in [1.165, 1.54) is 0 Å². The van der Waals surface area contributed by atoms with Crippen molar-refractivity contribution < 1.29 is 4.42 Å². The van der Waals surface area contributed by atoms with Crippen molar-refractivity contribution in [1.29, 1.82) is 0 Å². The monoisotopic (exact) mass is 762 g/mol. The van der Waals surface area contributed by atoms with E-state index in [-0.39, 0.29) is 0 Å². The van der Waals surface area contributed by atoms with Gasteiger partial charge < -0.3 is 8.98 Å². The Bertz CT molecular complexity index is 3540. The van der Waals surface area contributed by atoms with Gasteiger partial charge in [0, 0.05) is 58.5 Å². The van der Waals surface area contributed by atoms with E-state index in [1.807, 2.05) is 49.4 Å². The van der Waals surface area contributed by atoms with Gasteiger partial charge in [-0.3, -0.25) is 0 Å². The highest BCUT2D eigenvalue weighted by molar-refractivity contribution is 7.17. The maximum absolute atomic E-state index is 6.39. The van der Waals surface area contributed by atoms with Crippen LogP contribution in [0.1, 0.15) is 6.92 Å². The molecule has 0 N–H and O–H groups in total. The van der Waals surface area contributed by atoms with Gasteiger partial charge in [-0.25, -0.2) is 15.0 Å². The molecule has 274 valence electrons. The first kappa shape index (κ1) is 33.9. The molecule has 0 amide bonds. The maximum atomic E-state index is 6.39. The van der Waals surface area contributed by atoms with Gasteiger partial charge in [0.1, 0.15) is 11.2 Å². The summed E-state index contributed by atoms with van der Waals surface area (Å²) in [5.41, 5.74) is 9.92. The molecule has 4 aromatic heterocycles. The summed E-state index contributed by atoms with van der Waals surface area (Å²) in [6.07, 6.45) is 6.26. The normalized spacial score (nSPS) is 12.3. The molecule has 0 fully saturated rings. The molecule has 0 aliphatic heterocycles. The lowest BCUT2D eigenvalue weighted by Gasteiger charge is -2.13. The molecule has 0 bridgehead atoms. The molecule has 0 aliphatic carbocycles. The van der Waals surface area contributed by atoms with E-state index < -0.39 is 0 Å². The van der Waals surface area contributed by atoms with Crippen LogP contribution in [0.3, 0.4) is 0 Å². The number of allylic oxidation sites excluding steroid dienone is 2. The maximum Gasteiger partial charge on any atom is 0.165 e. The molecular formula is C52H34N4OS. The fourth-order valence-electron chi connectivity index (χ4n) is 8.14. The topological polar surface area (TPSA) is 56.7 Å². The first-order valence-electron chi connectivity index (χ1n) is 19.3. The van der Waals surface area contributed by atoms with Crippen LogP contribution >= 0.6 is 11.3 Å². The van der Waals surface area contributed by atoms with Crippen molar-refractivity contribution in [2.24, 2.45) is 0 Å². The second kappa shape index (κ2) is 13.7. The Morgan fingerprint density at radius 3 is 2.02 bits per heavy atom. The minimum atomic E-state index is 0.601. The zero-order valence-electron chi connectivity index (χ0n) is 31.6. The number of nitrogens with zero attached hydrogens (tertiary/aromatic N) is 4. The fraction of sp³-hybridized carbons (Fsp3) is 0.0192. The first-order chi connectivity index (χ1) is 28.6. The third-order valence-electron chi connectivity index (χ3n) is 10.9. The highest BCUT2D eigenvalue weighted by Gasteiger charge is 2.21. The van der Waals surface area contributed by atoms with Gasteiger partial charge in [-0.05, 0) is 71.8 Å². The molecule has 4 heterocycles. The summed E-state index contributed by atoms with van der Waals surface area (Å²) in [4.78, 5) is 15.7. The van der Waals surface area contributed by atoms with Crippen molar-refractivity contribution in [2.75, 3.05) is 0 Å². The average Bonchev–Trinajstić information content (AvgIpc) is 3.93. The molecule has 5 nitrogen and oxygen atoms in total. The quantitative estimate of drug-likeness (QED) is 0.169. The van der Waals surface area contributed by atoms with Crippen molar-refractivity contribution in [3.63, 3.8) is 0 Å². The lowest BCUT2D eigenvalue weighted by Crippen LogP contribution is -2.15. The number of benzene rings is 7. The minimum absolute atomic E-state index is 0.601.